The van der Waals surface area contributed by atoms with E-state index in [1.165, 1.54) is 0 Å². The minimum atomic E-state index is 0.0426. The van der Waals surface area contributed by atoms with Crippen molar-refractivity contribution in [3.05, 3.63) is 119 Å². The van der Waals surface area contributed by atoms with E-state index in [1.54, 1.807) is 0 Å². The second-order valence-electron chi connectivity index (χ2n) is 8.17. The third kappa shape index (κ3) is 4.41. The van der Waals surface area contributed by atoms with Crippen molar-refractivity contribution < 1.29 is 9.59 Å². The average Bonchev–Trinajstić information content (AvgIpc) is 3.25. The highest BCUT2D eigenvalue weighted by Gasteiger charge is 2.25. The molecule has 33 heavy (non-hydrogen) atoms. The van der Waals surface area contributed by atoms with Gasteiger partial charge in [-0.25, -0.2) is 0 Å². The van der Waals surface area contributed by atoms with Crippen LogP contribution >= 0.6 is 0 Å². The fourth-order valence-corrected chi connectivity index (χ4v) is 4.33. The summed E-state index contributed by atoms with van der Waals surface area (Å²) in [6, 6.07) is 31.2. The lowest BCUT2D eigenvalue weighted by Crippen LogP contribution is -2.15. The van der Waals surface area contributed by atoms with E-state index in [9.17, 15) is 9.59 Å². The number of carbonyl (C=O) groups is 2. The summed E-state index contributed by atoms with van der Waals surface area (Å²) in [6.07, 6.45) is 0.727. The van der Waals surface area contributed by atoms with Gasteiger partial charge in [-0.05, 0) is 59.0 Å². The Balaban J connectivity index is 1.34. The zero-order valence-electron chi connectivity index (χ0n) is 18.2. The van der Waals surface area contributed by atoms with Gasteiger partial charge in [0.25, 0.3) is 0 Å². The molecule has 5 rings (SSSR count). The van der Waals surface area contributed by atoms with Crippen molar-refractivity contribution in [3.8, 4) is 11.1 Å². The molecule has 0 atom stereocenters. The lowest BCUT2D eigenvalue weighted by Gasteiger charge is -2.11. The summed E-state index contributed by atoms with van der Waals surface area (Å²) in [6.45, 7) is 0.474. The second-order valence-corrected chi connectivity index (χ2v) is 8.17. The highest BCUT2D eigenvalue weighted by Crippen LogP contribution is 2.39. The van der Waals surface area contributed by atoms with Gasteiger partial charge in [-0.3, -0.25) is 9.59 Å². The zero-order chi connectivity index (χ0) is 22.6. The summed E-state index contributed by atoms with van der Waals surface area (Å²) in [4.78, 5) is 25.8. The van der Waals surface area contributed by atoms with Gasteiger partial charge in [0.15, 0.2) is 11.6 Å². The first kappa shape index (κ1) is 20.7. The molecule has 0 heterocycles. The molecule has 0 fully saturated rings. The summed E-state index contributed by atoms with van der Waals surface area (Å²) in [5.74, 6) is 0.0942. The predicted molar refractivity (Wildman–Crippen MR) is 133 cm³/mol. The Labute approximate surface area is 193 Å². The van der Waals surface area contributed by atoms with Crippen molar-refractivity contribution >= 4 is 22.9 Å². The van der Waals surface area contributed by atoms with Gasteiger partial charge in [0.05, 0.1) is 13.1 Å². The molecule has 2 N–H and O–H groups in total. The summed E-state index contributed by atoms with van der Waals surface area (Å²) >= 11 is 0. The number of rotatable bonds is 8. The first-order valence-electron chi connectivity index (χ1n) is 11.1. The molecule has 1 aliphatic rings. The summed E-state index contributed by atoms with van der Waals surface area (Å²) < 4.78 is 0. The van der Waals surface area contributed by atoms with Crippen LogP contribution in [0.3, 0.4) is 0 Å². The van der Waals surface area contributed by atoms with Crippen LogP contribution in [-0.4, -0.2) is 24.7 Å². The smallest absolute Gasteiger partial charge is 0.182 e. The molecule has 162 valence electrons. The number of benzene rings is 4. The minimum Gasteiger partial charge on any atom is -0.378 e. The molecule has 4 nitrogen and oxygen atoms in total. The molecule has 0 bridgehead atoms. The Morgan fingerprint density at radius 1 is 0.636 bits per heavy atom. The van der Waals surface area contributed by atoms with Crippen LogP contribution in [0.25, 0.3) is 11.1 Å². The van der Waals surface area contributed by atoms with Crippen LogP contribution in [0.4, 0.5) is 11.4 Å². The van der Waals surface area contributed by atoms with Gasteiger partial charge in [0.1, 0.15) is 0 Å². The number of nitrogens with one attached hydrogen (secondary N) is 2. The first-order valence-corrected chi connectivity index (χ1v) is 11.1. The molecular weight excluding hydrogens is 408 g/mol. The van der Waals surface area contributed by atoms with E-state index < -0.39 is 0 Å². The molecule has 0 saturated carbocycles. The van der Waals surface area contributed by atoms with E-state index in [-0.39, 0.29) is 24.7 Å². The predicted octanol–water partition coefficient (Wildman–Crippen LogP) is 5.85. The van der Waals surface area contributed by atoms with E-state index in [0.717, 1.165) is 45.6 Å². The Kier molecular flexibility index (Phi) is 5.73. The molecule has 1 aliphatic carbocycles. The van der Waals surface area contributed by atoms with E-state index in [4.69, 9.17) is 0 Å². The van der Waals surface area contributed by atoms with E-state index in [0.29, 0.717) is 5.56 Å². The Morgan fingerprint density at radius 2 is 1.27 bits per heavy atom. The van der Waals surface area contributed by atoms with Crippen LogP contribution in [0.2, 0.25) is 0 Å². The molecule has 0 saturated heterocycles. The Morgan fingerprint density at radius 3 is 1.94 bits per heavy atom. The van der Waals surface area contributed by atoms with Crippen LogP contribution in [0, 0.1) is 0 Å². The molecule has 0 spiro atoms. The van der Waals surface area contributed by atoms with Crippen molar-refractivity contribution in [1.29, 1.82) is 0 Å². The lowest BCUT2D eigenvalue weighted by molar-refractivity contribution is 0.0998. The largest absolute Gasteiger partial charge is 0.378 e. The lowest BCUT2D eigenvalue weighted by atomic mass is 9.95. The SMILES string of the molecule is O=C(CNc1ccccc1)c1ccc2c(c1)Cc1cccc(C(=O)CNc3ccccc3)c1-2. The fourth-order valence-electron chi connectivity index (χ4n) is 4.33. The molecule has 0 amide bonds. The second kappa shape index (κ2) is 9.13. The summed E-state index contributed by atoms with van der Waals surface area (Å²) in [5.41, 5.74) is 7.50. The van der Waals surface area contributed by atoms with Crippen molar-refractivity contribution in [2.24, 2.45) is 0 Å². The van der Waals surface area contributed by atoms with E-state index in [1.807, 2.05) is 91.0 Å². The van der Waals surface area contributed by atoms with Gasteiger partial charge in [0, 0.05) is 22.5 Å². The molecule has 0 unspecified atom stereocenters. The number of para-hydroxylation sites is 2. The quantitative estimate of drug-likeness (QED) is 0.302. The molecule has 0 radical (unpaired) electrons. The fraction of sp³-hybridized carbons (Fsp3) is 0.103. The zero-order valence-corrected chi connectivity index (χ0v) is 18.2. The van der Waals surface area contributed by atoms with Gasteiger partial charge < -0.3 is 10.6 Å². The minimum absolute atomic E-state index is 0.0426. The van der Waals surface area contributed by atoms with E-state index >= 15 is 0 Å². The van der Waals surface area contributed by atoms with Crippen LogP contribution in [0.1, 0.15) is 31.8 Å². The highest BCUT2D eigenvalue weighted by molar-refractivity contribution is 6.07. The van der Waals surface area contributed by atoms with Crippen molar-refractivity contribution in [1.82, 2.24) is 0 Å². The van der Waals surface area contributed by atoms with Gasteiger partial charge in [-0.1, -0.05) is 66.7 Å². The maximum atomic E-state index is 13.1. The molecule has 0 aromatic heterocycles. The number of anilines is 2. The maximum Gasteiger partial charge on any atom is 0.182 e. The Hall–Kier alpha value is -4.18. The number of hydrogen-bond acceptors (Lipinski definition) is 4. The standard InChI is InChI=1S/C29H24N2O2/c32-27(18-30-23-9-3-1-4-10-23)20-14-15-25-22(16-20)17-21-8-7-13-26(29(21)25)28(33)19-31-24-11-5-2-6-12-24/h1-16,30-31H,17-19H2. The number of ketones is 2. The van der Waals surface area contributed by atoms with Gasteiger partial charge in [0.2, 0.25) is 0 Å². The van der Waals surface area contributed by atoms with Gasteiger partial charge >= 0.3 is 0 Å². The molecule has 4 aromatic rings. The maximum absolute atomic E-state index is 13.1. The average molecular weight is 433 g/mol. The van der Waals surface area contributed by atoms with Crippen LogP contribution in [0.15, 0.2) is 97.1 Å². The third-order valence-corrected chi connectivity index (χ3v) is 5.98. The monoisotopic (exact) mass is 432 g/mol. The Bertz CT molecular complexity index is 1310. The van der Waals surface area contributed by atoms with Gasteiger partial charge in [-0.15, -0.1) is 0 Å². The van der Waals surface area contributed by atoms with E-state index in [2.05, 4.69) is 16.7 Å². The summed E-state index contributed by atoms with van der Waals surface area (Å²) in [7, 11) is 0. The normalized spacial score (nSPS) is 11.4. The van der Waals surface area contributed by atoms with Crippen LogP contribution < -0.4 is 10.6 Å². The van der Waals surface area contributed by atoms with Gasteiger partial charge in [-0.2, -0.15) is 0 Å². The summed E-state index contributed by atoms with van der Waals surface area (Å²) in [5, 5.41) is 6.39. The van der Waals surface area contributed by atoms with Crippen LogP contribution in [0.5, 0.6) is 0 Å². The molecule has 4 heteroatoms. The molecular formula is C29H24N2O2. The van der Waals surface area contributed by atoms with Crippen LogP contribution in [-0.2, 0) is 6.42 Å². The van der Waals surface area contributed by atoms with Crippen molar-refractivity contribution in [2.75, 3.05) is 23.7 Å². The number of carbonyl (C=O) groups excluding carboxylic acids is 2. The first-order chi connectivity index (χ1) is 16.2. The highest BCUT2D eigenvalue weighted by atomic mass is 16.1. The van der Waals surface area contributed by atoms with Crippen molar-refractivity contribution in [2.45, 2.75) is 6.42 Å². The number of fused-ring (bicyclic) bond motifs is 3. The number of Topliss-reactive ketones (excluding diaryl/α,β-unsaturated/α-hetero) is 2. The molecule has 4 aromatic carbocycles. The molecule has 0 aliphatic heterocycles. The topological polar surface area (TPSA) is 58.2 Å². The van der Waals surface area contributed by atoms with Crippen molar-refractivity contribution in [3.63, 3.8) is 0 Å². The third-order valence-electron chi connectivity index (χ3n) is 5.98. The number of hydrogen-bond donors (Lipinski definition) is 2.